The van der Waals surface area contributed by atoms with E-state index in [-0.39, 0.29) is 6.04 Å². The van der Waals surface area contributed by atoms with Crippen LogP contribution in [0, 0.1) is 6.92 Å². The molecular formula is C14H18N2O2S2. The van der Waals surface area contributed by atoms with Gasteiger partial charge in [0.15, 0.2) is 0 Å². The number of nitrogens with two attached hydrogens (primary N) is 1. The second-order valence-electron chi connectivity index (χ2n) is 4.59. The van der Waals surface area contributed by atoms with E-state index < -0.39 is 10.0 Å². The van der Waals surface area contributed by atoms with Gasteiger partial charge in [0.2, 0.25) is 10.0 Å². The fourth-order valence-electron chi connectivity index (χ4n) is 2.00. The summed E-state index contributed by atoms with van der Waals surface area (Å²) < 4.78 is 27.5. The Labute approximate surface area is 123 Å². The fraction of sp³-hybridized carbons (Fsp3) is 0.286. The molecule has 0 fully saturated rings. The van der Waals surface area contributed by atoms with Crippen molar-refractivity contribution in [3.8, 4) is 0 Å². The standard InChI is InChI=1S/C14H18N2O2S2/c1-10(12-6-4-3-5-7-12)16-20(17,18)14-8-13(9-15)19-11(14)2/h3-8,10,16H,9,15H2,1-2H3. The maximum absolute atomic E-state index is 12.4. The molecule has 4 nitrogen and oxygen atoms in total. The van der Waals surface area contributed by atoms with Crippen LogP contribution in [0.25, 0.3) is 0 Å². The molecule has 108 valence electrons. The second kappa shape index (κ2) is 6.05. The fourth-order valence-corrected chi connectivity index (χ4v) is 4.74. The van der Waals surface area contributed by atoms with Gasteiger partial charge in [-0.25, -0.2) is 13.1 Å². The van der Waals surface area contributed by atoms with Crippen LogP contribution < -0.4 is 10.5 Å². The van der Waals surface area contributed by atoms with Gasteiger partial charge in [-0.1, -0.05) is 30.3 Å². The summed E-state index contributed by atoms with van der Waals surface area (Å²) in [5.74, 6) is 0. The summed E-state index contributed by atoms with van der Waals surface area (Å²) in [5.41, 5.74) is 6.50. The first kappa shape index (κ1) is 15.2. The summed E-state index contributed by atoms with van der Waals surface area (Å²) in [6.07, 6.45) is 0. The highest BCUT2D eigenvalue weighted by Crippen LogP contribution is 2.26. The lowest BCUT2D eigenvalue weighted by atomic mass is 10.1. The lowest BCUT2D eigenvalue weighted by Gasteiger charge is -2.14. The first-order valence-electron chi connectivity index (χ1n) is 6.30. The van der Waals surface area contributed by atoms with Crippen molar-refractivity contribution in [2.45, 2.75) is 31.3 Å². The summed E-state index contributed by atoms with van der Waals surface area (Å²) in [4.78, 5) is 1.96. The van der Waals surface area contributed by atoms with Crippen molar-refractivity contribution in [1.29, 1.82) is 0 Å². The van der Waals surface area contributed by atoms with Crippen LogP contribution in [0.15, 0.2) is 41.3 Å². The summed E-state index contributed by atoms with van der Waals surface area (Å²) in [6.45, 7) is 3.99. The van der Waals surface area contributed by atoms with Crippen molar-refractivity contribution >= 4 is 21.4 Å². The molecule has 0 aliphatic carbocycles. The number of hydrogen-bond donors (Lipinski definition) is 2. The van der Waals surface area contributed by atoms with Crippen LogP contribution in [0.5, 0.6) is 0 Å². The Balaban J connectivity index is 2.25. The van der Waals surface area contributed by atoms with E-state index in [2.05, 4.69) is 4.72 Å². The van der Waals surface area contributed by atoms with E-state index in [0.717, 1.165) is 15.3 Å². The van der Waals surface area contributed by atoms with Crippen molar-refractivity contribution in [3.05, 3.63) is 51.7 Å². The zero-order valence-electron chi connectivity index (χ0n) is 11.5. The second-order valence-corrected chi connectivity index (χ2v) is 7.61. The van der Waals surface area contributed by atoms with E-state index in [1.807, 2.05) is 37.3 Å². The van der Waals surface area contributed by atoms with Crippen molar-refractivity contribution in [3.63, 3.8) is 0 Å². The van der Waals surface area contributed by atoms with E-state index in [4.69, 9.17) is 5.73 Å². The van der Waals surface area contributed by atoms with E-state index in [0.29, 0.717) is 11.4 Å². The molecular weight excluding hydrogens is 292 g/mol. The Hall–Kier alpha value is -1.21. The van der Waals surface area contributed by atoms with Gasteiger partial charge in [-0.15, -0.1) is 11.3 Å². The first-order chi connectivity index (χ1) is 9.44. The third-order valence-electron chi connectivity index (χ3n) is 3.05. The Morgan fingerprint density at radius 2 is 1.95 bits per heavy atom. The van der Waals surface area contributed by atoms with Gasteiger partial charge in [-0.3, -0.25) is 0 Å². The highest BCUT2D eigenvalue weighted by molar-refractivity contribution is 7.89. The van der Waals surface area contributed by atoms with Crippen LogP contribution in [0.3, 0.4) is 0 Å². The average Bonchev–Trinajstić information content (AvgIpc) is 2.81. The number of nitrogens with one attached hydrogen (secondary N) is 1. The molecule has 2 aromatic rings. The first-order valence-corrected chi connectivity index (χ1v) is 8.60. The maximum atomic E-state index is 12.4. The predicted molar refractivity (Wildman–Crippen MR) is 82.1 cm³/mol. The molecule has 0 aliphatic heterocycles. The van der Waals surface area contributed by atoms with Gasteiger partial charge in [0.05, 0.1) is 4.90 Å². The molecule has 0 saturated carbocycles. The minimum Gasteiger partial charge on any atom is -0.326 e. The Morgan fingerprint density at radius 1 is 1.30 bits per heavy atom. The number of thiophene rings is 1. The van der Waals surface area contributed by atoms with Crippen molar-refractivity contribution in [2.24, 2.45) is 5.73 Å². The third kappa shape index (κ3) is 3.27. The Bertz CT molecular complexity index is 678. The highest BCUT2D eigenvalue weighted by Gasteiger charge is 2.22. The summed E-state index contributed by atoms with van der Waals surface area (Å²) in [6, 6.07) is 10.9. The van der Waals surface area contributed by atoms with Crippen LogP contribution in [0.2, 0.25) is 0 Å². The minimum atomic E-state index is -3.52. The van der Waals surface area contributed by atoms with E-state index in [1.165, 1.54) is 11.3 Å². The van der Waals surface area contributed by atoms with Gasteiger partial charge in [-0.2, -0.15) is 0 Å². The number of hydrogen-bond acceptors (Lipinski definition) is 4. The molecule has 0 amide bonds. The number of sulfonamides is 1. The molecule has 0 bridgehead atoms. The van der Waals surface area contributed by atoms with Crippen molar-refractivity contribution in [2.75, 3.05) is 0 Å². The van der Waals surface area contributed by atoms with Gasteiger partial charge in [-0.05, 0) is 25.5 Å². The highest BCUT2D eigenvalue weighted by atomic mass is 32.2. The molecule has 0 saturated heterocycles. The topological polar surface area (TPSA) is 72.2 Å². The van der Waals surface area contributed by atoms with Crippen LogP contribution in [-0.4, -0.2) is 8.42 Å². The molecule has 0 radical (unpaired) electrons. The summed E-state index contributed by atoms with van der Waals surface area (Å²) in [7, 11) is -3.52. The molecule has 6 heteroatoms. The van der Waals surface area contributed by atoms with Gasteiger partial charge in [0.1, 0.15) is 0 Å². The third-order valence-corrected chi connectivity index (χ3v) is 5.91. The summed E-state index contributed by atoms with van der Waals surface area (Å²) in [5, 5.41) is 0. The smallest absolute Gasteiger partial charge is 0.242 e. The lowest BCUT2D eigenvalue weighted by molar-refractivity contribution is 0.567. The molecule has 1 aromatic carbocycles. The Morgan fingerprint density at radius 3 is 2.50 bits per heavy atom. The quantitative estimate of drug-likeness (QED) is 0.891. The van der Waals surface area contributed by atoms with Crippen molar-refractivity contribution in [1.82, 2.24) is 4.72 Å². The zero-order valence-corrected chi connectivity index (χ0v) is 13.1. The molecule has 3 N–H and O–H groups in total. The molecule has 0 aliphatic rings. The van der Waals surface area contributed by atoms with Gasteiger partial charge in [0, 0.05) is 22.3 Å². The zero-order chi connectivity index (χ0) is 14.8. The van der Waals surface area contributed by atoms with E-state index >= 15 is 0 Å². The largest absolute Gasteiger partial charge is 0.326 e. The van der Waals surface area contributed by atoms with Crippen LogP contribution in [0.4, 0.5) is 0 Å². The number of aryl methyl sites for hydroxylation is 1. The average molecular weight is 310 g/mol. The maximum Gasteiger partial charge on any atom is 0.242 e. The Kier molecular flexibility index (Phi) is 4.59. The molecule has 1 aromatic heterocycles. The number of benzene rings is 1. The SMILES string of the molecule is Cc1sc(CN)cc1S(=O)(=O)NC(C)c1ccccc1. The molecule has 1 unspecified atom stereocenters. The van der Waals surface area contributed by atoms with Gasteiger partial charge in [0.25, 0.3) is 0 Å². The van der Waals surface area contributed by atoms with Crippen LogP contribution >= 0.6 is 11.3 Å². The van der Waals surface area contributed by atoms with Crippen LogP contribution in [-0.2, 0) is 16.6 Å². The normalized spacial score (nSPS) is 13.3. The number of rotatable bonds is 5. The van der Waals surface area contributed by atoms with E-state index in [9.17, 15) is 8.42 Å². The summed E-state index contributed by atoms with van der Waals surface area (Å²) >= 11 is 1.42. The lowest BCUT2D eigenvalue weighted by Crippen LogP contribution is -2.27. The van der Waals surface area contributed by atoms with Crippen LogP contribution in [0.1, 0.15) is 28.3 Å². The molecule has 1 atom stereocenters. The van der Waals surface area contributed by atoms with Gasteiger partial charge >= 0.3 is 0 Å². The molecule has 0 spiro atoms. The molecule has 1 heterocycles. The van der Waals surface area contributed by atoms with Gasteiger partial charge < -0.3 is 5.73 Å². The molecule has 20 heavy (non-hydrogen) atoms. The van der Waals surface area contributed by atoms with E-state index in [1.54, 1.807) is 13.0 Å². The van der Waals surface area contributed by atoms with Crippen molar-refractivity contribution < 1.29 is 8.42 Å². The monoisotopic (exact) mass is 310 g/mol. The predicted octanol–water partition coefficient (Wildman–Crippen LogP) is 2.55. The minimum absolute atomic E-state index is 0.276. The molecule has 2 rings (SSSR count).